The van der Waals surface area contributed by atoms with Gasteiger partial charge in [0, 0.05) is 21.6 Å². The van der Waals surface area contributed by atoms with E-state index >= 15 is 0 Å². The average Bonchev–Trinajstić information content (AvgIpc) is 2.45. The topological polar surface area (TPSA) is 0 Å². The van der Waals surface area contributed by atoms with Gasteiger partial charge in [0.05, 0.1) is 0 Å². The van der Waals surface area contributed by atoms with Crippen molar-refractivity contribution in [3.05, 3.63) is 59.7 Å². The van der Waals surface area contributed by atoms with E-state index in [0.29, 0.717) is 11.8 Å². The van der Waals surface area contributed by atoms with Gasteiger partial charge in [0.2, 0.25) is 0 Å². The molecule has 0 aliphatic rings. The third-order valence-corrected chi connectivity index (χ3v) is 5.60. The fraction of sp³-hybridized carbons (Fsp3) is 0.143. The number of hydrogen-bond acceptors (Lipinski definition) is 2. The molecule has 0 saturated heterocycles. The molecule has 0 aliphatic heterocycles. The molecule has 0 fully saturated rings. The summed E-state index contributed by atoms with van der Waals surface area (Å²) >= 11 is 11.9. The first kappa shape index (κ1) is 14.1. The van der Waals surface area contributed by atoms with Crippen LogP contribution in [-0.2, 0) is 11.8 Å². The fourth-order valence-electron chi connectivity index (χ4n) is 1.48. The van der Waals surface area contributed by atoms with Gasteiger partial charge in [-0.2, -0.15) is 0 Å². The Bertz CT molecular complexity index is 467. The van der Waals surface area contributed by atoms with Crippen LogP contribution in [0.25, 0.3) is 0 Å². The van der Waals surface area contributed by atoms with Crippen LogP contribution < -0.4 is 0 Å². The summed E-state index contributed by atoms with van der Waals surface area (Å²) in [6, 6.07) is 16.4. The molecule has 2 aromatic carbocycles. The molecule has 0 bridgehead atoms. The van der Waals surface area contributed by atoms with E-state index in [-0.39, 0.29) is 0 Å². The second kappa shape index (κ2) is 7.34. The molecule has 0 atom stereocenters. The second-order valence-corrected chi connectivity index (χ2v) is 6.40. The molecular formula is C14H12Cl2S2. The van der Waals surface area contributed by atoms with Gasteiger partial charge in [0.1, 0.15) is 0 Å². The van der Waals surface area contributed by atoms with Crippen molar-refractivity contribution in [1.29, 1.82) is 0 Å². The van der Waals surface area contributed by atoms with Crippen LogP contribution in [0.1, 0.15) is 11.1 Å². The van der Waals surface area contributed by atoms with E-state index in [1.807, 2.05) is 24.3 Å². The van der Waals surface area contributed by atoms with Crippen LogP contribution in [0.5, 0.6) is 0 Å². The molecule has 0 aliphatic carbocycles. The Morgan fingerprint density at radius 3 is 1.44 bits per heavy atom. The van der Waals surface area contributed by atoms with Gasteiger partial charge in [0.25, 0.3) is 0 Å². The number of rotatable bonds is 5. The standard InChI is InChI=1S/C14H12Cl2S2/c15-9-11-5-1-3-7-13(11)17-18-14-8-4-2-6-12(14)10-16/h1-8H,9-10H2. The molecule has 0 spiro atoms. The highest BCUT2D eigenvalue weighted by Gasteiger charge is 2.05. The predicted octanol–water partition coefficient (Wildman–Crippen LogP) is 5.96. The average molecular weight is 315 g/mol. The predicted molar refractivity (Wildman–Crippen MR) is 83.7 cm³/mol. The summed E-state index contributed by atoms with van der Waals surface area (Å²) in [7, 11) is 3.46. The zero-order valence-corrected chi connectivity index (χ0v) is 12.8. The molecule has 94 valence electrons. The van der Waals surface area contributed by atoms with Crippen LogP contribution in [0.15, 0.2) is 58.3 Å². The lowest BCUT2D eigenvalue weighted by Gasteiger charge is -2.08. The van der Waals surface area contributed by atoms with Crippen LogP contribution in [0.3, 0.4) is 0 Å². The van der Waals surface area contributed by atoms with Gasteiger partial charge >= 0.3 is 0 Å². The van der Waals surface area contributed by atoms with Gasteiger partial charge in [0.15, 0.2) is 0 Å². The molecule has 2 aromatic rings. The monoisotopic (exact) mass is 314 g/mol. The molecule has 0 amide bonds. The van der Waals surface area contributed by atoms with Crippen molar-refractivity contribution >= 4 is 44.8 Å². The number of benzene rings is 2. The summed E-state index contributed by atoms with van der Waals surface area (Å²) in [4.78, 5) is 2.42. The molecule has 4 heteroatoms. The largest absolute Gasteiger partial charge is 0.122 e. The quantitative estimate of drug-likeness (QED) is 0.493. The van der Waals surface area contributed by atoms with Crippen molar-refractivity contribution in [2.45, 2.75) is 21.6 Å². The second-order valence-electron chi connectivity index (χ2n) is 3.65. The van der Waals surface area contributed by atoms with Crippen molar-refractivity contribution < 1.29 is 0 Å². The van der Waals surface area contributed by atoms with Gasteiger partial charge in [-0.15, -0.1) is 23.2 Å². The molecule has 0 heterocycles. The lowest BCUT2D eigenvalue weighted by molar-refractivity contribution is 1.26. The summed E-state index contributed by atoms with van der Waals surface area (Å²) in [6.45, 7) is 0. The van der Waals surface area contributed by atoms with E-state index in [1.165, 1.54) is 20.9 Å². The Labute approximate surface area is 125 Å². The lowest BCUT2D eigenvalue weighted by atomic mass is 10.2. The zero-order valence-electron chi connectivity index (χ0n) is 9.61. The van der Waals surface area contributed by atoms with Gasteiger partial charge < -0.3 is 0 Å². The van der Waals surface area contributed by atoms with Gasteiger partial charge in [-0.25, -0.2) is 0 Å². The summed E-state index contributed by atoms with van der Waals surface area (Å²) in [5, 5.41) is 0. The maximum atomic E-state index is 5.93. The molecule has 0 saturated carbocycles. The first-order valence-corrected chi connectivity index (χ1v) is 8.69. The van der Waals surface area contributed by atoms with E-state index in [4.69, 9.17) is 23.2 Å². The fourth-order valence-corrected chi connectivity index (χ4v) is 4.56. The summed E-state index contributed by atoms with van der Waals surface area (Å²) in [5.74, 6) is 1.09. The molecule has 2 rings (SSSR count). The molecular weight excluding hydrogens is 303 g/mol. The van der Waals surface area contributed by atoms with E-state index in [9.17, 15) is 0 Å². The Morgan fingerprint density at radius 2 is 1.06 bits per heavy atom. The first-order valence-electron chi connectivity index (χ1n) is 5.47. The van der Waals surface area contributed by atoms with Crippen molar-refractivity contribution in [2.24, 2.45) is 0 Å². The number of hydrogen-bond donors (Lipinski definition) is 0. The van der Waals surface area contributed by atoms with Crippen LogP contribution in [-0.4, -0.2) is 0 Å². The highest BCUT2D eigenvalue weighted by molar-refractivity contribution is 8.76. The Balaban J connectivity index is 2.11. The van der Waals surface area contributed by atoms with Gasteiger partial charge in [-0.05, 0) is 23.3 Å². The number of alkyl halides is 2. The molecule has 0 N–H and O–H groups in total. The molecule has 0 nitrogen and oxygen atoms in total. The van der Waals surface area contributed by atoms with Crippen LogP contribution in [0.4, 0.5) is 0 Å². The van der Waals surface area contributed by atoms with Gasteiger partial charge in [-0.1, -0.05) is 58.0 Å². The highest BCUT2D eigenvalue weighted by Crippen LogP contribution is 2.40. The van der Waals surface area contributed by atoms with Crippen LogP contribution >= 0.6 is 44.8 Å². The van der Waals surface area contributed by atoms with E-state index < -0.39 is 0 Å². The minimum absolute atomic E-state index is 0.543. The molecule has 0 unspecified atom stereocenters. The van der Waals surface area contributed by atoms with E-state index in [0.717, 1.165) is 0 Å². The maximum Gasteiger partial charge on any atom is 0.0485 e. The Kier molecular flexibility index (Phi) is 5.77. The van der Waals surface area contributed by atoms with Crippen LogP contribution in [0.2, 0.25) is 0 Å². The van der Waals surface area contributed by atoms with Crippen molar-refractivity contribution in [1.82, 2.24) is 0 Å². The normalized spacial score (nSPS) is 10.6. The third-order valence-electron chi connectivity index (χ3n) is 2.45. The zero-order chi connectivity index (χ0) is 12.8. The summed E-state index contributed by atoms with van der Waals surface area (Å²) < 4.78 is 0. The third kappa shape index (κ3) is 3.61. The van der Waals surface area contributed by atoms with Crippen molar-refractivity contribution in [2.75, 3.05) is 0 Å². The van der Waals surface area contributed by atoms with Crippen LogP contribution in [0, 0.1) is 0 Å². The minimum atomic E-state index is 0.543. The van der Waals surface area contributed by atoms with Crippen molar-refractivity contribution in [3.8, 4) is 0 Å². The smallest absolute Gasteiger partial charge is 0.0485 e. The molecule has 0 radical (unpaired) electrons. The molecule has 0 aromatic heterocycles. The summed E-state index contributed by atoms with van der Waals surface area (Å²) in [6.07, 6.45) is 0. The number of halogens is 2. The Morgan fingerprint density at radius 1 is 0.667 bits per heavy atom. The minimum Gasteiger partial charge on any atom is -0.122 e. The lowest BCUT2D eigenvalue weighted by Crippen LogP contribution is -1.83. The van der Waals surface area contributed by atoms with E-state index in [1.54, 1.807) is 21.6 Å². The highest BCUT2D eigenvalue weighted by atomic mass is 35.5. The van der Waals surface area contributed by atoms with Gasteiger partial charge in [-0.3, -0.25) is 0 Å². The van der Waals surface area contributed by atoms with Crippen molar-refractivity contribution in [3.63, 3.8) is 0 Å². The Hall–Kier alpha value is -0.280. The van der Waals surface area contributed by atoms with E-state index in [2.05, 4.69) is 24.3 Å². The molecule has 18 heavy (non-hydrogen) atoms. The summed E-state index contributed by atoms with van der Waals surface area (Å²) in [5.41, 5.74) is 2.33. The first-order chi connectivity index (χ1) is 8.85. The SMILES string of the molecule is ClCc1ccccc1SSc1ccccc1CCl. The maximum absolute atomic E-state index is 5.93.